The molecule has 0 spiro atoms. The van der Waals surface area contributed by atoms with Gasteiger partial charge in [-0.25, -0.2) is 9.59 Å². The third kappa shape index (κ3) is 55.8. The Morgan fingerprint density at radius 3 is 0.966 bits per heavy atom. The Kier molecular flexibility index (Phi) is 57.4. The number of phenols is 5. The Balaban J connectivity index is 0.00000129. The van der Waals surface area contributed by atoms with Crippen molar-refractivity contribution in [1.29, 1.82) is 0 Å². The molecule has 22 heteroatoms. The largest absolute Gasteiger partial charge is 0.508 e. The molecule has 0 bridgehead atoms. The molecule has 0 atom stereocenters. The molecule has 0 fully saturated rings. The standard InChI is InChI=1S/C14H21NO3.C13H19NO3.C11H17NO.2C10H15NO.C9H11BrO.2C9H13NO.C7H6O2.C2H6/c1-14(2,3)18-13(17)15(4)9-8-11-6-5-7-12(16)10-11;1-13(2,3)17-12(16)14(4)9-10-6-5-7-11(15)8-10;1-12(2)7-6-10-4-3-5-11(8-10)9-13;1-11(2)7-6-9-4-3-5-10(12)8-9;1-11-6-5-9-3-2-4-10(7-9)8-12;10-5-4-8-2-1-3-9(6-8)7-11;1-10(2)7-8-4-3-5-9(11)6-8;10-5-4-8-2-1-3-9(6-8)7-11;8-5-6-2-1-3-7(9)4-6;1-2/h5-7,10,16H,8-9H2,1-4H3;5-8,15H,9H2,1-4H3;3-5,8,13H,6-7,9H2,1-2H3;3-5,8,12H,6-7H2,1-2H3;2-4,7,11-12H,5-6,8H2,1H3;1-3,6,11H,4-5,7H2;3-6,11H,7H2,1-2H3;1-3,6,11H,4-5,7,10H2;1-5,9H;1-2H3. The number of amides is 2. The molecule has 0 saturated carbocycles. The number of rotatable bonds is 25. The maximum atomic E-state index is 11.7. The van der Waals surface area contributed by atoms with Crippen LogP contribution >= 0.6 is 15.9 Å². The molecule has 0 aliphatic carbocycles. The molecule has 116 heavy (non-hydrogen) atoms. The fourth-order valence-electron chi connectivity index (χ4n) is 9.89. The van der Waals surface area contributed by atoms with Crippen molar-refractivity contribution in [2.24, 2.45) is 5.73 Å². The maximum Gasteiger partial charge on any atom is 0.410 e. The number of ether oxygens (including phenoxy) is 2. The van der Waals surface area contributed by atoms with Gasteiger partial charge in [-0.2, -0.15) is 0 Å². The summed E-state index contributed by atoms with van der Waals surface area (Å²) in [5.41, 5.74) is 18.0. The van der Waals surface area contributed by atoms with E-state index in [4.69, 9.17) is 51.0 Å². The Morgan fingerprint density at radius 1 is 0.379 bits per heavy atom. The number of hydrogen-bond donors (Lipinski definition) is 11. The lowest BCUT2D eigenvalue weighted by molar-refractivity contribution is 0.0280. The zero-order valence-corrected chi connectivity index (χ0v) is 73.4. The number of halogens is 1. The summed E-state index contributed by atoms with van der Waals surface area (Å²) >= 11 is 3.37. The quantitative estimate of drug-likeness (QED) is 0.0187. The van der Waals surface area contributed by atoms with Crippen molar-refractivity contribution in [2.45, 2.75) is 145 Å². The highest BCUT2D eigenvalue weighted by atomic mass is 79.9. The Morgan fingerprint density at radius 2 is 0.664 bits per heavy atom. The van der Waals surface area contributed by atoms with E-state index < -0.39 is 11.2 Å². The number of aldehydes is 1. The number of hydrogen-bond acceptors (Lipinski definition) is 19. The number of alkyl halides is 1. The van der Waals surface area contributed by atoms with Crippen molar-refractivity contribution in [3.05, 3.63) is 291 Å². The van der Waals surface area contributed by atoms with E-state index in [1.165, 1.54) is 49.7 Å². The molecule has 0 aromatic heterocycles. The fraction of sp³-hybridized carbons (Fsp3) is 0.394. The summed E-state index contributed by atoms with van der Waals surface area (Å²) in [5, 5.41) is 85.2. The van der Waals surface area contributed by atoms with Crippen LogP contribution in [0, 0.1) is 0 Å². The molecule has 2 amide bonds. The summed E-state index contributed by atoms with van der Waals surface area (Å²) in [4.78, 5) is 42.8. The molecular weight excluding hydrogens is 1530 g/mol. The topological polar surface area (TPSA) is 306 Å². The molecule has 12 N–H and O–H groups in total. The number of carbonyl (C=O) groups is 3. The van der Waals surface area contributed by atoms with Gasteiger partial charge in [0.05, 0.1) is 26.4 Å². The third-order valence-electron chi connectivity index (χ3n) is 15.6. The summed E-state index contributed by atoms with van der Waals surface area (Å²) in [6.45, 7) is 21.1. The number of benzene rings is 9. The molecule has 0 heterocycles. The lowest BCUT2D eigenvalue weighted by Crippen LogP contribution is -2.35. The molecule has 9 aromatic carbocycles. The Hall–Kier alpha value is -9.69. The number of aryl methyl sites for hydroxylation is 1. The second kappa shape index (κ2) is 62.6. The van der Waals surface area contributed by atoms with E-state index in [1.807, 2.05) is 206 Å². The SMILES string of the molecule is CC.CN(C)CCc1cccc(CO)c1.CN(C)CCc1cccc(O)c1.CN(C)Cc1cccc(O)c1.CN(CCc1cccc(O)c1)C(=O)OC(C)(C)C.CN(Cc1cccc(O)c1)C(=O)OC(C)(C)C.CNCCc1cccc(CO)c1.NCCc1cccc(CO)c1.O=Cc1cccc(O)c1.OCc1cccc(CCBr)c1. The summed E-state index contributed by atoms with van der Waals surface area (Å²) in [6, 6.07) is 66.7. The van der Waals surface area contributed by atoms with Gasteiger partial charge in [0.1, 0.15) is 46.2 Å². The molecule has 0 aliphatic heterocycles. The first-order valence-electron chi connectivity index (χ1n) is 38.9. The summed E-state index contributed by atoms with van der Waals surface area (Å²) in [7, 11) is 17.5. The number of phenolic OH excluding ortho intramolecular Hbond substituents is 5. The number of likely N-dealkylation sites (N-methyl/N-ethyl adjacent to an activating group) is 4. The Bertz CT molecular complexity index is 4020. The average molecular weight is 1670 g/mol. The van der Waals surface area contributed by atoms with Crippen LogP contribution in [0.4, 0.5) is 9.59 Å². The van der Waals surface area contributed by atoms with Gasteiger partial charge in [-0.3, -0.25) is 4.79 Å². The van der Waals surface area contributed by atoms with Crippen molar-refractivity contribution >= 4 is 34.4 Å². The van der Waals surface area contributed by atoms with Gasteiger partial charge in [-0.15, -0.1) is 0 Å². The summed E-state index contributed by atoms with van der Waals surface area (Å²) < 4.78 is 10.5. The van der Waals surface area contributed by atoms with Crippen molar-refractivity contribution in [2.75, 3.05) is 101 Å². The molecule has 638 valence electrons. The number of nitrogens with one attached hydrogen (secondary N) is 1. The van der Waals surface area contributed by atoms with Crippen LogP contribution in [0.2, 0.25) is 0 Å². The van der Waals surface area contributed by atoms with Crippen LogP contribution in [0.25, 0.3) is 0 Å². The van der Waals surface area contributed by atoms with Crippen molar-refractivity contribution in [3.8, 4) is 28.7 Å². The van der Waals surface area contributed by atoms with Crippen molar-refractivity contribution < 1.29 is 69.8 Å². The third-order valence-corrected chi connectivity index (χ3v) is 16.0. The van der Waals surface area contributed by atoms with Gasteiger partial charge >= 0.3 is 12.2 Å². The van der Waals surface area contributed by atoms with Crippen molar-refractivity contribution in [1.82, 2.24) is 29.8 Å². The van der Waals surface area contributed by atoms with Crippen LogP contribution in [-0.4, -0.2) is 202 Å². The van der Waals surface area contributed by atoms with E-state index in [0.29, 0.717) is 49.4 Å². The normalized spacial score (nSPS) is 10.3. The predicted octanol–water partition coefficient (Wildman–Crippen LogP) is 15.8. The average Bonchev–Trinajstić information content (AvgIpc) is 0.881. The van der Waals surface area contributed by atoms with Gasteiger partial charge in [0.15, 0.2) is 0 Å². The van der Waals surface area contributed by atoms with Gasteiger partial charge in [0.2, 0.25) is 0 Å². The lowest BCUT2D eigenvalue weighted by Gasteiger charge is -2.24. The Labute approximate surface area is 701 Å². The first kappa shape index (κ1) is 106. The van der Waals surface area contributed by atoms with E-state index in [1.54, 1.807) is 80.8 Å². The van der Waals surface area contributed by atoms with Crippen LogP contribution in [0.1, 0.15) is 133 Å². The highest BCUT2D eigenvalue weighted by Gasteiger charge is 2.21. The number of aliphatic hydroxyl groups excluding tert-OH is 4. The molecule has 0 unspecified atom stereocenters. The smallest absolute Gasteiger partial charge is 0.410 e. The van der Waals surface area contributed by atoms with Crippen LogP contribution < -0.4 is 11.1 Å². The minimum atomic E-state index is -0.496. The summed E-state index contributed by atoms with van der Waals surface area (Å²) in [6.07, 6.45) is 5.63. The molecule has 0 radical (unpaired) electrons. The molecule has 0 saturated heterocycles. The number of nitrogens with zero attached hydrogens (tertiary/aromatic N) is 5. The molecule has 0 aliphatic rings. The minimum Gasteiger partial charge on any atom is -0.508 e. The van der Waals surface area contributed by atoms with Gasteiger partial charge < -0.3 is 91.0 Å². The number of aliphatic hydroxyl groups is 4. The first-order valence-corrected chi connectivity index (χ1v) is 40.0. The second-order valence-electron chi connectivity index (χ2n) is 29.5. The fourth-order valence-corrected chi connectivity index (χ4v) is 10.3. The van der Waals surface area contributed by atoms with Crippen LogP contribution in [-0.2, 0) is 87.5 Å². The van der Waals surface area contributed by atoms with E-state index in [-0.39, 0.29) is 55.9 Å². The minimum absolute atomic E-state index is 0.110. The maximum absolute atomic E-state index is 11.7. The van der Waals surface area contributed by atoms with E-state index >= 15 is 0 Å². The number of carbonyl (C=O) groups excluding carboxylic acids is 3. The highest BCUT2D eigenvalue weighted by molar-refractivity contribution is 9.09. The van der Waals surface area contributed by atoms with Gasteiger partial charge in [-0.05, 0) is 270 Å². The van der Waals surface area contributed by atoms with E-state index in [9.17, 15) is 24.6 Å². The van der Waals surface area contributed by atoms with Gasteiger partial charge in [0.25, 0.3) is 0 Å². The van der Waals surface area contributed by atoms with Crippen LogP contribution in [0.3, 0.4) is 0 Å². The summed E-state index contributed by atoms with van der Waals surface area (Å²) in [5.74, 6) is 1.25. The molecule has 9 rings (SSSR count). The number of aromatic hydroxyl groups is 5. The highest BCUT2D eigenvalue weighted by Crippen LogP contribution is 2.19. The number of nitrogens with two attached hydrogens (primary N) is 1. The zero-order chi connectivity index (χ0) is 87.4. The lowest BCUT2D eigenvalue weighted by atomic mass is 10.1. The van der Waals surface area contributed by atoms with E-state index in [2.05, 4.69) is 74.3 Å². The van der Waals surface area contributed by atoms with Crippen LogP contribution in [0.5, 0.6) is 28.7 Å². The van der Waals surface area contributed by atoms with Gasteiger partial charge in [0, 0.05) is 57.7 Å². The molecular formula is C94H136BrN7O14. The van der Waals surface area contributed by atoms with Crippen molar-refractivity contribution in [3.63, 3.8) is 0 Å². The second-order valence-corrected chi connectivity index (χ2v) is 30.3. The van der Waals surface area contributed by atoms with E-state index in [0.717, 1.165) is 103 Å². The van der Waals surface area contributed by atoms with Crippen LogP contribution in [0.15, 0.2) is 218 Å². The first-order chi connectivity index (χ1) is 55.1. The zero-order valence-electron chi connectivity index (χ0n) is 71.8. The molecule has 9 aromatic rings. The monoisotopic (exact) mass is 1670 g/mol. The van der Waals surface area contributed by atoms with Gasteiger partial charge in [-0.1, -0.05) is 188 Å². The molecule has 21 nitrogen and oxygen atoms in total. The predicted molar refractivity (Wildman–Crippen MR) is 477 cm³/mol.